The maximum atomic E-state index is 12.7. The molecule has 19 heavy (non-hydrogen) atoms. The molecular weight excluding hydrogens is 256 g/mol. The number of aromatic nitrogens is 2. The van der Waals surface area contributed by atoms with E-state index in [0.717, 1.165) is 18.5 Å². The molecule has 0 bridgehead atoms. The van der Waals surface area contributed by atoms with E-state index in [0.29, 0.717) is 24.9 Å². The summed E-state index contributed by atoms with van der Waals surface area (Å²) in [4.78, 5) is 11.5. The van der Waals surface area contributed by atoms with Crippen molar-refractivity contribution in [3.05, 3.63) is 11.8 Å². The molecule has 5 nitrogen and oxygen atoms in total. The number of hydrogen-bond donors (Lipinski definition) is 2. The number of H-pyrrole nitrogens is 1. The summed E-state index contributed by atoms with van der Waals surface area (Å²) in [5, 5.41) is 9.23. The molecule has 1 atom stereocenters. The predicted octanol–water partition coefficient (Wildman–Crippen LogP) is 1.90. The highest BCUT2D eigenvalue weighted by atomic mass is 19.3. The average molecular weight is 271 g/mol. The fraction of sp³-hybridized carbons (Fsp3) is 0.667. The Bertz CT molecular complexity index is 483. The molecule has 1 aliphatic carbocycles. The second kappa shape index (κ2) is 4.56. The molecule has 1 aliphatic heterocycles. The van der Waals surface area contributed by atoms with E-state index in [1.165, 1.54) is 0 Å². The van der Waals surface area contributed by atoms with Crippen molar-refractivity contribution in [2.75, 3.05) is 18.5 Å². The number of carbonyl (C=O) groups is 1. The van der Waals surface area contributed by atoms with Crippen LogP contribution in [0.5, 0.6) is 0 Å². The average Bonchev–Trinajstić information content (AvgIpc) is 2.84. The Hall–Kier alpha value is -1.50. The number of nitrogens with one attached hydrogen (secondary N) is 2. The number of halogens is 2. The third-order valence-electron chi connectivity index (χ3n) is 3.65. The Labute approximate surface area is 108 Å². The highest BCUT2D eigenvalue weighted by Crippen LogP contribution is 2.49. The van der Waals surface area contributed by atoms with Gasteiger partial charge in [-0.05, 0) is 12.8 Å². The molecule has 1 aromatic heterocycles. The molecule has 2 aliphatic rings. The summed E-state index contributed by atoms with van der Waals surface area (Å²) >= 11 is 0. The molecule has 1 saturated heterocycles. The largest absolute Gasteiger partial charge is 0.381 e. The van der Waals surface area contributed by atoms with Gasteiger partial charge in [0.2, 0.25) is 5.91 Å². The van der Waals surface area contributed by atoms with Crippen molar-refractivity contribution in [2.45, 2.75) is 31.1 Å². The number of hydrogen-bond acceptors (Lipinski definition) is 3. The summed E-state index contributed by atoms with van der Waals surface area (Å²) in [6.07, 6.45) is 1.43. The minimum absolute atomic E-state index is 0.314. The predicted molar refractivity (Wildman–Crippen MR) is 63.1 cm³/mol. The van der Waals surface area contributed by atoms with Crippen LogP contribution in [-0.4, -0.2) is 35.2 Å². The van der Waals surface area contributed by atoms with E-state index in [1.807, 2.05) is 0 Å². The summed E-state index contributed by atoms with van der Waals surface area (Å²) in [6, 6.07) is 1.72. The minimum atomic E-state index is -2.84. The number of anilines is 1. The molecule has 1 saturated carbocycles. The van der Waals surface area contributed by atoms with Crippen molar-refractivity contribution in [1.82, 2.24) is 10.2 Å². The Kier molecular flexibility index (Phi) is 3.00. The molecule has 7 heteroatoms. The molecule has 0 spiro atoms. The van der Waals surface area contributed by atoms with Gasteiger partial charge in [-0.2, -0.15) is 5.10 Å². The second-order valence-electron chi connectivity index (χ2n) is 5.10. The van der Waals surface area contributed by atoms with Gasteiger partial charge in [-0.3, -0.25) is 9.89 Å². The van der Waals surface area contributed by atoms with E-state index in [1.54, 1.807) is 6.07 Å². The summed E-state index contributed by atoms with van der Waals surface area (Å²) in [6.45, 7) is 1.42. The highest BCUT2D eigenvalue weighted by Gasteiger charge is 2.61. The van der Waals surface area contributed by atoms with Gasteiger partial charge in [-0.1, -0.05) is 0 Å². The fourth-order valence-electron chi connectivity index (χ4n) is 2.33. The van der Waals surface area contributed by atoms with Crippen molar-refractivity contribution in [3.8, 4) is 0 Å². The van der Waals surface area contributed by atoms with Gasteiger partial charge in [0, 0.05) is 37.3 Å². The lowest BCUT2D eigenvalue weighted by molar-refractivity contribution is -0.119. The number of rotatable bonds is 3. The lowest BCUT2D eigenvalue weighted by Gasteiger charge is -2.20. The zero-order chi connectivity index (χ0) is 13.5. The maximum Gasteiger partial charge on any atom is 0.260 e. The van der Waals surface area contributed by atoms with Crippen LogP contribution in [0.1, 0.15) is 30.9 Å². The van der Waals surface area contributed by atoms with Crippen LogP contribution < -0.4 is 5.32 Å². The van der Waals surface area contributed by atoms with Crippen molar-refractivity contribution in [2.24, 2.45) is 5.92 Å². The Morgan fingerprint density at radius 3 is 2.79 bits per heavy atom. The quantitative estimate of drug-likeness (QED) is 0.882. The summed E-state index contributed by atoms with van der Waals surface area (Å²) in [5.41, 5.74) is 0.918. The van der Waals surface area contributed by atoms with Crippen molar-refractivity contribution in [3.63, 3.8) is 0 Å². The normalized spacial score (nSPS) is 26.1. The van der Waals surface area contributed by atoms with Crippen molar-refractivity contribution < 1.29 is 18.3 Å². The van der Waals surface area contributed by atoms with E-state index < -0.39 is 17.7 Å². The van der Waals surface area contributed by atoms with E-state index >= 15 is 0 Å². The number of ether oxygens (including phenoxy) is 1. The van der Waals surface area contributed by atoms with Gasteiger partial charge < -0.3 is 10.1 Å². The van der Waals surface area contributed by atoms with Gasteiger partial charge in [-0.15, -0.1) is 0 Å². The zero-order valence-electron chi connectivity index (χ0n) is 10.3. The van der Waals surface area contributed by atoms with Gasteiger partial charge in [-0.25, -0.2) is 8.78 Å². The fourth-order valence-corrected chi connectivity index (χ4v) is 2.33. The second-order valence-corrected chi connectivity index (χ2v) is 5.10. The maximum absolute atomic E-state index is 12.7. The molecule has 3 rings (SSSR count). The zero-order valence-corrected chi connectivity index (χ0v) is 10.3. The number of aromatic amines is 1. The molecule has 0 aromatic carbocycles. The van der Waals surface area contributed by atoms with Crippen LogP contribution in [0.15, 0.2) is 6.07 Å². The van der Waals surface area contributed by atoms with Crippen LogP contribution in [0.3, 0.4) is 0 Å². The molecular formula is C12H15F2N3O2. The van der Waals surface area contributed by atoms with Crippen LogP contribution in [0.4, 0.5) is 14.6 Å². The molecule has 104 valence electrons. The van der Waals surface area contributed by atoms with E-state index in [4.69, 9.17) is 4.74 Å². The smallest absolute Gasteiger partial charge is 0.260 e. The lowest BCUT2D eigenvalue weighted by atomic mass is 9.97. The number of nitrogens with zero attached hydrogens (tertiary/aromatic N) is 1. The first kappa shape index (κ1) is 12.5. The summed E-state index contributed by atoms with van der Waals surface area (Å²) in [7, 11) is 0. The summed E-state index contributed by atoms with van der Waals surface area (Å²) in [5.74, 6) is -4.06. The molecule has 2 N–H and O–H groups in total. The van der Waals surface area contributed by atoms with Crippen molar-refractivity contribution in [1.29, 1.82) is 0 Å². The first-order valence-electron chi connectivity index (χ1n) is 6.38. The Balaban J connectivity index is 1.60. The van der Waals surface area contributed by atoms with Gasteiger partial charge in [0.05, 0.1) is 0 Å². The molecule has 2 heterocycles. The number of amides is 1. The first-order valence-corrected chi connectivity index (χ1v) is 6.38. The third-order valence-corrected chi connectivity index (χ3v) is 3.65. The van der Waals surface area contributed by atoms with Gasteiger partial charge >= 0.3 is 0 Å². The van der Waals surface area contributed by atoms with Crippen LogP contribution in [0.25, 0.3) is 0 Å². The Morgan fingerprint density at radius 1 is 1.47 bits per heavy atom. The van der Waals surface area contributed by atoms with E-state index in [2.05, 4.69) is 15.5 Å². The third kappa shape index (κ3) is 2.60. The first-order chi connectivity index (χ1) is 9.06. The minimum Gasteiger partial charge on any atom is -0.381 e. The number of alkyl halides is 2. The van der Waals surface area contributed by atoms with Crippen LogP contribution in [0, 0.1) is 5.92 Å². The van der Waals surface area contributed by atoms with Crippen LogP contribution >= 0.6 is 0 Å². The molecule has 1 aromatic rings. The molecule has 0 radical (unpaired) electrons. The van der Waals surface area contributed by atoms with Gasteiger partial charge in [0.15, 0.2) is 5.82 Å². The van der Waals surface area contributed by atoms with Crippen LogP contribution in [-0.2, 0) is 9.53 Å². The topological polar surface area (TPSA) is 67.0 Å². The van der Waals surface area contributed by atoms with Crippen molar-refractivity contribution >= 4 is 11.7 Å². The monoisotopic (exact) mass is 271 g/mol. The molecule has 1 amide bonds. The highest BCUT2D eigenvalue weighted by molar-refractivity contribution is 5.94. The lowest BCUT2D eigenvalue weighted by Crippen LogP contribution is -2.17. The van der Waals surface area contributed by atoms with Gasteiger partial charge in [0.25, 0.3) is 5.92 Å². The standard InChI is InChI=1S/C12H15F2N3O2/c13-12(14)6-8(12)11(18)15-10-5-9(16-17-10)7-1-3-19-4-2-7/h5,7-8H,1-4,6H2,(H2,15,16,17,18). The van der Waals surface area contributed by atoms with E-state index in [9.17, 15) is 13.6 Å². The SMILES string of the molecule is O=C(Nc1cc(C2CCOCC2)[nH]n1)C1CC1(F)F. The number of carbonyl (C=O) groups excluding carboxylic acids is 1. The summed E-state index contributed by atoms with van der Waals surface area (Å²) < 4.78 is 30.8. The van der Waals surface area contributed by atoms with Crippen LogP contribution in [0.2, 0.25) is 0 Å². The Morgan fingerprint density at radius 2 is 2.16 bits per heavy atom. The van der Waals surface area contributed by atoms with E-state index in [-0.39, 0.29) is 6.42 Å². The molecule has 1 unspecified atom stereocenters. The van der Waals surface area contributed by atoms with Gasteiger partial charge in [0.1, 0.15) is 5.92 Å². The molecule has 2 fully saturated rings.